The third-order valence-corrected chi connectivity index (χ3v) is 4.20. The van der Waals surface area contributed by atoms with Crippen LogP contribution in [0.4, 0.5) is 0 Å². The fourth-order valence-corrected chi connectivity index (χ4v) is 2.77. The van der Waals surface area contributed by atoms with Crippen LogP contribution in [0.15, 0.2) is 17.5 Å². The molecule has 1 fully saturated rings. The first-order valence-corrected chi connectivity index (χ1v) is 7.26. The van der Waals surface area contributed by atoms with Gasteiger partial charge in [-0.3, -0.25) is 9.69 Å². The van der Waals surface area contributed by atoms with Crippen molar-refractivity contribution >= 4 is 17.2 Å². The predicted octanol–water partition coefficient (Wildman–Crippen LogP) is 1.38. The molecule has 1 saturated carbocycles. The lowest BCUT2D eigenvalue weighted by Crippen LogP contribution is -2.40. The molecule has 0 spiro atoms. The average Bonchev–Trinajstić information content (AvgIpc) is 3.03. The van der Waals surface area contributed by atoms with Gasteiger partial charge in [0.15, 0.2) is 0 Å². The van der Waals surface area contributed by atoms with Crippen molar-refractivity contribution < 1.29 is 9.90 Å². The summed E-state index contributed by atoms with van der Waals surface area (Å²) in [5.74, 6) is 0.0382. The Bertz CT molecular complexity index is 376. The van der Waals surface area contributed by atoms with Crippen LogP contribution in [0.3, 0.4) is 0 Å². The molecule has 0 aromatic carbocycles. The van der Waals surface area contributed by atoms with Gasteiger partial charge in [0, 0.05) is 17.5 Å². The molecule has 4 nitrogen and oxygen atoms in total. The number of amides is 1. The molecule has 1 aromatic rings. The summed E-state index contributed by atoms with van der Waals surface area (Å²) in [6, 6.07) is 4.58. The number of aliphatic hydroxyl groups is 1. The summed E-state index contributed by atoms with van der Waals surface area (Å²) in [6.45, 7) is 3.09. The van der Waals surface area contributed by atoms with Crippen molar-refractivity contribution in [3.63, 3.8) is 0 Å². The first-order valence-electron chi connectivity index (χ1n) is 6.38. The van der Waals surface area contributed by atoms with Gasteiger partial charge < -0.3 is 10.4 Å². The molecule has 0 saturated heterocycles. The summed E-state index contributed by atoms with van der Waals surface area (Å²) in [5, 5.41) is 14.0. The molecule has 1 unspecified atom stereocenters. The fourth-order valence-electron chi connectivity index (χ4n) is 2.04. The average molecular weight is 268 g/mol. The largest absolute Gasteiger partial charge is 0.395 e. The Balaban J connectivity index is 1.80. The smallest absolute Gasteiger partial charge is 0.234 e. The van der Waals surface area contributed by atoms with Crippen LogP contribution in [0.1, 0.15) is 30.7 Å². The molecule has 1 heterocycles. The molecule has 100 valence electrons. The zero-order chi connectivity index (χ0) is 13.0. The number of thiophene rings is 1. The Morgan fingerprint density at radius 1 is 1.67 bits per heavy atom. The minimum absolute atomic E-state index is 0.0382. The maximum absolute atomic E-state index is 11.9. The van der Waals surface area contributed by atoms with Gasteiger partial charge in [0.1, 0.15) is 0 Å². The van der Waals surface area contributed by atoms with Crippen LogP contribution in [-0.4, -0.2) is 41.7 Å². The predicted molar refractivity (Wildman–Crippen MR) is 72.6 cm³/mol. The van der Waals surface area contributed by atoms with Crippen LogP contribution in [0.5, 0.6) is 0 Å². The first kappa shape index (κ1) is 13.5. The van der Waals surface area contributed by atoms with E-state index in [1.54, 1.807) is 11.3 Å². The third kappa shape index (κ3) is 3.80. The van der Waals surface area contributed by atoms with Crippen LogP contribution < -0.4 is 5.32 Å². The van der Waals surface area contributed by atoms with Gasteiger partial charge in [-0.1, -0.05) is 6.07 Å². The monoisotopic (exact) mass is 268 g/mol. The van der Waals surface area contributed by atoms with E-state index in [2.05, 4.69) is 10.2 Å². The zero-order valence-electron chi connectivity index (χ0n) is 10.6. The van der Waals surface area contributed by atoms with E-state index >= 15 is 0 Å². The van der Waals surface area contributed by atoms with E-state index < -0.39 is 0 Å². The second kappa shape index (κ2) is 6.31. The van der Waals surface area contributed by atoms with Crippen LogP contribution in [0, 0.1) is 0 Å². The maximum Gasteiger partial charge on any atom is 0.234 e. The highest BCUT2D eigenvalue weighted by atomic mass is 32.1. The second-order valence-electron chi connectivity index (χ2n) is 4.73. The van der Waals surface area contributed by atoms with Gasteiger partial charge in [-0.05, 0) is 31.2 Å². The highest BCUT2D eigenvalue weighted by molar-refractivity contribution is 7.10. The summed E-state index contributed by atoms with van der Waals surface area (Å²) < 4.78 is 0. The third-order valence-electron chi connectivity index (χ3n) is 3.14. The number of hydrogen-bond donors (Lipinski definition) is 2. The molecule has 1 aliphatic rings. The molecule has 18 heavy (non-hydrogen) atoms. The van der Waals surface area contributed by atoms with Crippen molar-refractivity contribution in [3.05, 3.63) is 22.4 Å². The lowest BCUT2D eigenvalue weighted by atomic mass is 10.2. The standard InChI is InChI=1S/C13H20N2O2S/c1-10(12-3-2-8-18-12)14-13(17)9-15(6-7-16)11-4-5-11/h2-3,8,10-11,16H,4-7,9H2,1H3,(H,14,17). The lowest BCUT2D eigenvalue weighted by Gasteiger charge is -2.21. The summed E-state index contributed by atoms with van der Waals surface area (Å²) in [4.78, 5) is 15.2. The number of nitrogens with one attached hydrogen (secondary N) is 1. The first-order chi connectivity index (χ1) is 8.70. The second-order valence-corrected chi connectivity index (χ2v) is 5.71. The van der Waals surface area contributed by atoms with Gasteiger partial charge in [0.25, 0.3) is 0 Å². The summed E-state index contributed by atoms with van der Waals surface area (Å²) in [6.07, 6.45) is 2.29. The van der Waals surface area contributed by atoms with Crippen LogP contribution in [0.2, 0.25) is 0 Å². The SMILES string of the molecule is CC(NC(=O)CN(CCO)C1CC1)c1cccs1. The Labute approximate surface area is 112 Å². The number of nitrogens with zero attached hydrogens (tertiary/aromatic N) is 1. The summed E-state index contributed by atoms with van der Waals surface area (Å²) >= 11 is 1.65. The number of carbonyl (C=O) groups is 1. The minimum atomic E-state index is 0.0382. The van der Waals surface area contributed by atoms with E-state index in [1.165, 1.54) is 4.88 Å². The Morgan fingerprint density at radius 2 is 2.44 bits per heavy atom. The van der Waals surface area contributed by atoms with E-state index in [-0.39, 0.29) is 18.6 Å². The van der Waals surface area contributed by atoms with Crippen molar-refractivity contribution in [1.29, 1.82) is 0 Å². The highest BCUT2D eigenvalue weighted by Crippen LogP contribution is 2.26. The number of rotatable bonds is 7. The van der Waals surface area contributed by atoms with Crippen molar-refractivity contribution in [1.82, 2.24) is 10.2 Å². The van der Waals surface area contributed by atoms with Crippen molar-refractivity contribution in [2.24, 2.45) is 0 Å². The van der Waals surface area contributed by atoms with E-state index in [0.717, 1.165) is 12.8 Å². The lowest BCUT2D eigenvalue weighted by molar-refractivity contribution is -0.123. The molecule has 1 amide bonds. The molecule has 5 heteroatoms. The van der Waals surface area contributed by atoms with Crippen LogP contribution in [0.25, 0.3) is 0 Å². The topological polar surface area (TPSA) is 52.6 Å². The number of hydrogen-bond acceptors (Lipinski definition) is 4. The molecule has 1 aliphatic carbocycles. The minimum Gasteiger partial charge on any atom is -0.395 e. The molecule has 0 aliphatic heterocycles. The number of aliphatic hydroxyl groups excluding tert-OH is 1. The van der Waals surface area contributed by atoms with Gasteiger partial charge >= 0.3 is 0 Å². The Hall–Kier alpha value is -0.910. The van der Waals surface area contributed by atoms with Gasteiger partial charge in [-0.15, -0.1) is 11.3 Å². The summed E-state index contributed by atoms with van der Waals surface area (Å²) in [5.41, 5.74) is 0. The van der Waals surface area contributed by atoms with Gasteiger partial charge in [0.05, 0.1) is 19.2 Å². The van der Waals surface area contributed by atoms with E-state index in [9.17, 15) is 4.79 Å². The molecule has 0 bridgehead atoms. The summed E-state index contributed by atoms with van der Waals surface area (Å²) in [7, 11) is 0. The van der Waals surface area contributed by atoms with Gasteiger partial charge in [-0.2, -0.15) is 0 Å². The molecule has 1 atom stereocenters. The van der Waals surface area contributed by atoms with E-state index in [1.807, 2.05) is 24.4 Å². The van der Waals surface area contributed by atoms with Crippen LogP contribution in [-0.2, 0) is 4.79 Å². The molecule has 0 radical (unpaired) electrons. The molecule has 1 aromatic heterocycles. The van der Waals surface area contributed by atoms with Crippen molar-refractivity contribution in [3.8, 4) is 0 Å². The molecule has 2 rings (SSSR count). The quantitative estimate of drug-likeness (QED) is 0.785. The van der Waals surface area contributed by atoms with Crippen LogP contribution >= 0.6 is 11.3 Å². The number of carbonyl (C=O) groups excluding carboxylic acids is 1. The van der Waals surface area contributed by atoms with E-state index in [4.69, 9.17) is 5.11 Å². The maximum atomic E-state index is 11.9. The molecular weight excluding hydrogens is 248 g/mol. The van der Waals surface area contributed by atoms with E-state index in [0.29, 0.717) is 19.1 Å². The van der Waals surface area contributed by atoms with Crippen molar-refractivity contribution in [2.75, 3.05) is 19.7 Å². The normalized spacial score (nSPS) is 16.8. The Kier molecular flexibility index (Phi) is 4.74. The molecular formula is C13H20N2O2S. The Morgan fingerprint density at radius 3 is 3.00 bits per heavy atom. The van der Waals surface area contributed by atoms with Crippen molar-refractivity contribution in [2.45, 2.75) is 31.8 Å². The zero-order valence-corrected chi connectivity index (χ0v) is 11.4. The fraction of sp³-hybridized carbons (Fsp3) is 0.615. The van der Waals surface area contributed by atoms with Gasteiger partial charge in [0.2, 0.25) is 5.91 Å². The highest BCUT2D eigenvalue weighted by Gasteiger charge is 2.29. The molecule has 2 N–H and O–H groups in total. The van der Waals surface area contributed by atoms with Gasteiger partial charge in [-0.25, -0.2) is 0 Å².